The monoisotopic (exact) mass is 346 g/mol. The van der Waals surface area contributed by atoms with Crippen molar-refractivity contribution in [2.45, 2.75) is 52.5 Å². The topological polar surface area (TPSA) is 44.9 Å². The van der Waals surface area contributed by atoms with E-state index in [-0.39, 0.29) is 11.9 Å². The molecule has 0 bridgehead atoms. The van der Waals surface area contributed by atoms with Crippen LogP contribution in [0, 0.1) is 20.8 Å². The van der Waals surface area contributed by atoms with Crippen LogP contribution in [0.5, 0.6) is 0 Å². The summed E-state index contributed by atoms with van der Waals surface area (Å²) in [7, 11) is 0. The van der Waals surface area contributed by atoms with Crippen molar-refractivity contribution in [1.82, 2.24) is 10.3 Å². The minimum atomic E-state index is 0.125. The molecule has 0 spiro atoms. The third kappa shape index (κ3) is 3.14. The Hall–Kier alpha value is -2.55. The Morgan fingerprint density at radius 3 is 2.69 bits per heavy atom. The normalized spacial score (nSPS) is 16.5. The van der Waals surface area contributed by atoms with Crippen molar-refractivity contribution >= 4 is 16.8 Å². The lowest BCUT2D eigenvalue weighted by Gasteiger charge is -2.24. The highest BCUT2D eigenvalue weighted by Crippen LogP contribution is 2.31. The number of hydrogen-bond donors (Lipinski definition) is 2. The Morgan fingerprint density at radius 2 is 1.88 bits per heavy atom. The molecule has 1 amide bonds. The number of hydrogen-bond acceptors (Lipinski definition) is 1. The maximum absolute atomic E-state index is 12.5. The van der Waals surface area contributed by atoms with Crippen molar-refractivity contribution in [2.75, 3.05) is 0 Å². The van der Waals surface area contributed by atoms with Gasteiger partial charge in [-0.2, -0.15) is 0 Å². The summed E-state index contributed by atoms with van der Waals surface area (Å²) in [4.78, 5) is 16.1. The molecule has 1 aromatic heterocycles. The van der Waals surface area contributed by atoms with Crippen LogP contribution in [0.2, 0.25) is 0 Å². The van der Waals surface area contributed by atoms with E-state index in [9.17, 15) is 4.79 Å². The second kappa shape index (κ2) is 6.64. The standard InChI is InChI=1S/C23H26N2O/c1-14-6-4-5-7-17(14)12-23(26)24-18-8-9-21-20(13-18)19-10-15(2)16(3)11-22(19)25-21/h4-7,10-11,18,25H,8-9,12-13H2,1-3H3,(H,24,26)/t18-/m0/s1. The molecular formula is C23H26N2O. The van der Waals surface area contributed by atoms with E-state index in [0.717, 1.165) is 24.8 Å². The molecular weight excluding hydrogens is 320 g/mol. The van der Waals surface area contributed by atoms with Crippen LogP contribution in [-0.2, 0) is 24.1 Å². The summed E-state index contributed by atoms with van der Waals surface area (Å²) in [5.41, 5.74) is 8.88. The van der Waals surface area contributed by atoms with Crippen molar-refractivity contribution in [1.29, 1.82) is 0 Å². The second-order valence-corrected chi connectivity index (χ2v) is 7.67. The molecule has 26 heavy (non-hydrogen) atoms. The molecule has 0 fully saturated rings. The molecule has 0 saturated carbocycles. The summed E-state index contributed by atoms with van der Waals surface area (Å²) in [6.07, 6.45) is 3.37. The van der Waals surface area contributed by atoms with Crippen LogP contribution in [0.25, 0.3) is 10.9 Å². The minimum Gasteiger partial charge on any atom is -0.358 e. The molecule has 0 saturated heterocycles. The van der Waals surface area contributed by atoms with Crippen LogP contribution in [-0.4, -0.2) is 16.9 Å². The van der Waals surface area contributed by atoms with Crippen molar-refractivity contribution in [3.8, 4) is 0 Å². The molecule has 0 unspecified atom stereocenters. The van der Waals surface area contributed by atoms with Crippen LogP contribution >= 0.6 is 0 Å². The molecule has 1 atom stereocenters. The SMILES string of the molecule is Cc1cc2[nH]c3c(c2cc1C)C[C@@H](NC(=O)Cc1ccccc1C)CC3. The lowest BCUT2D eigenvalue weighted by molar-refractivity contribution is -0.121. The van der Waals surface area contributed by atoms with Gasteiger partial charge in [-0.15, -0.1) is 0 Å². The zero-order valence-electron chi connectivity index (χ0n) is 15.8. The van der Waals surface area contributed by atoms with E-state index in [2.05, 4.69) is 49.3 Å². The average Bonchev–Trinajstić information content (AvgIpc) is 2.94. The Kier molecular flexibility index (Phi) is 4.31. The number of amides is 1. The van der Waals surface area contributed by atoms with Crippen molar-refractivity contribution in [2.24, 2.45) is 0 Å². The van der Waals surface area contributed by atoms with Gasteiger partial charge in [-0.1, -0.05) is 24.3 Å². The third-order valence-electron chi connectivity index (χ3n) is 5.78. The quantitative estimate of drug-likeness (QED) is 0.729. The molecule has 3 heteroatoms. The minimum absolute atomic E-state index is 0.125. The summed E-state index contributed by atoms with van der Waals surface area (Å²) >= 11 is 0. The number of nitrogens with one attached hydrogen (secondary N) is 2. The molecule has 2 aromatic carbocycles. The van der Waals surface area contributed by atoms with Crippen LogP contribution < -0.4 is 5.32 Å². The van der Waals surface area contributed by atoms with E-state index in [1.807, 2.05) is 18.2 Å². The number of aromatic amines is 1. The van der Waals surface area contributed by atoms with Crippen molar-refractivity contribution < 1.29 is 4.79 Å². The van der Waals surface area contributed by atoms with Crippen molar-refractivity contribution in [3.63, 3.8) is 0 Å². The van der Waals surface area contributed by atoms with E-state index in [1.54, 1.807) is 0 Å². The number of carbonyl (C=O) groups is 1. The van der Waals surface area contributed by atoms with Gasteiger partial charge in [0.15, 0.2) is 0 Å². The summed E-state index contributed by atoms with van der Waals surface area (Å²) in [6, 6.07) is 12.9. The van der Waals surface area contributed by atoms with E-state index >= 15 is 0 Å². The molecule has 0 radical (unpaired) electrons. The van der Waals surface area contributed by atoms with Gasteiger partial charge in [0.2, 0.25) is 5.91 Å². The van der Waals surface area contributed by atoms with Crippen LogP contribution in [0.1, 0.15) is 39.9 Å². The maximum Gasteiger partial charge on any atom is 0.224 e. The summed E-state index contributed by atoms with van der Waals surface area (Å²) in [6.45, 7) is 6.38. The third-order valence-corrected chi connectivity index (χ3v) is 5.78. The van der Waals surface area contributed by atoms with Gasteiger partial charge in [-0.25, -0.2) is 0 Å². The fourth-order valence-electron chi connectivity index (χ4n) is 4.07. The number of aromatic nitrogens is 1. The zero-order chi connectivity index (χ0) is 18.3. The number of benzene rings is 2. The molecule has 1 heterocycles. The largest absolute Gasteiger partial charge is 0.358 e. The first-order chi connectivity index (χ1) is 12.5. The summed E-state index contributed by atoms with van der Waals surface area (Å²) < 4.78 is 0. The summed E-state index contributed by atoms with van der Waals surface area (Å²) in [5, 5.41) is 4.58. The molecule has 3 nitrogen and oxygen atoms in total. The molecule has 1 aliphatic rings. The Bertz CT molecular complexity index is 983. The van der Waals surface area contributed by atoms with Crippen LogP contribution in [0.4, 0.5) is 0 Å². The highest BCUT2D eigenvalue weighted by atomic mass is 16.1. The molecule has 4 rings (SSSR count). The zero-order valence-corrected chi connectivity index (χ0v) is 15.8. The van der Waals surface area contributed by atoms with E-state index in [4.69, 9.17) is 0 Å². The maximum atomic E-state index is 12.5. The Morgan fingerprint density at radius 1 is 1.12 bits per heavy atom. The first-order valence-electron chi connectivity index (χ1n) is 9.46. The smallest absolute Gasteiger partial charge is 0.224 e. The molecule has 1 aliphatic carbocycles. The average molecular weight is 346 g/mol. The molecule has 2 N–H and O–H groups in total. The van der Waals surface area contributed by atoms with Crippen LogP contribution in [0.15, 0.2) is 36.4 Å². The molecule has 134 valence electrons. The Labute approximate surface area is 154 Å². The number of H-pyrrole nitrogens is 1. The molecule has 0 aliphatic heterocycles. The van der Waals surface area contributed by atoms with Gasteiger partial charge in [0.05, 0.1) is 6.42 Å². The Balaban J connectivity index is 1.50. The number of aryl methyl sites for hydroxylation is 4. The number of fused-ring (bicyclic) bond motifs is 3. The van der Waals surface area contributed by atoms with Gasteiger partial charge >= 0.3 is 0 Å². The summed E-state index contributed by atoms with van der Waals surface area (Å²) in [5.74, 6) is 0.125. The highest BCUT2D eigenvalue weighted by molar-refractivity contribution is 5.87. The second-order valence-electron chi connectivity index (χ2n) is 7.67. The number of carbonyl (C=O) groups excluding carboxylic acids is 1. The van der Waals surface area contributed by atoms with Gasteiger partial charge in [0, 0.05) is 22.6 Å². The first kappa shape index (κ1) is 16.9. The predicted molar refractivity (Wildman–Crippen MR) is 107 cm³/mol. The fraction of sp³-hybridized carbons (Fsp3) is 0.348. The van der Waals surface area contributed by atoms with Gasteiger partial charge in [-0.3, -0.25) is 4.79 Å². The van der Waals surface area contributed by atoms with Gasteiger partial charge in [0.25, 0.3) is 0 Å². The van der Waals surface area contributed by atoms with E-state index < -0.39 is 0 Å². The lowest BCUT2D eigenvalue weighted by atomic mass is 9.90. The fourth-order valence-corrected chi connectivity index (χ4v) is 4.07. The highest BCUT2D eigenvalue weighted by Gasteiger charge is 2.24. The first-order valence-corrected chi connectivity index (χ1v) is 9.46. The van der Waals surface area contributed by atoms with Gasteiger partial charge in [-0.05, 0) is 80.0 Å². The van der Waals surface area contributed by atoms with Crippen molar-refractivity contribution in [3.05, 3.63) is 69.9 Å². The predicted octanol–water partition coefficient (Wildman–Crippen LogP) is 4.31. The number of rotatable bonds is 3. The van der Waals surface area contributed by atoms with E-state index in [1.165, 1.54) is 38.9 Å². The van der Waals surface area contributed by atoms with E-state index in [0.29, 0.717) is 6.42 Å². The van der Waals surface area contributed by atoms with Gasteiger partial charge < -0.3 is 10.3 Å². The lowest BCUT2D eigenvalue weighted by Crippen LogP contribution is -2.39. The molecule has 3 aromatic rings. The van der Waals surface area contributed by atoms with Crippen LogP contribution in [0.3, 0.4) is 0 Å². The van der Waals surface area contributed by atoms with Gasteiger partial charge in [0.1, 0.15) is 0 Å².